The van der Waals surface area contributed by atoms with Gasteiger partial charge in [0.2, 0.25) is 5.95 Å². The molecule has 0 amide bonds. The van der Waals surface area contributed by atoms with Gasteiger partial charge in [-0.2, -0.15) is 19.3 Å². The maximum absolute atomic E-state index is 11.1. The van der Waals surface area contributed by atoms with Crippen LogP contribution in [0.2, 0.25) is 0 Å². The molecule has 0 atom stereocenters. The third-order valence-electron chi connectivity index (χ3n) is 3.18. The molecule has 0 bridgehead atoms. The molecule has 4 rings (SSSR count). The van der Waals surface area contributed by atoms with Crippen LogP contribution in [0, 0.1) is 5.21 Å². The molecule has 0 radical (unpaired) electrons. The van der Waals surface area contributed by atoms with E-state index in [1.807, 2.05) is 0 Å². The Hall–Kier alpha value is -3.42. The zero-order valence-electron chi connectivity index (χ0n) is 11.2. The van der Waals surface area contributed by atoms with Crippen LogP contribution in [-0.2, 0) is 0 Å². The fourth-order valence-electron chi connectivity index (χ4n) is 2.14. The van der Waals surface area contributed by atoms with E-state index in [1.54, 1.807) is 36.6 Å². The summed E-state index contributed by atoms with van der Waals surface area (Å²) in [6, 6.07) is 8.60. The minimum absolute atomic E-state index is 0.205. The van der Waals surface area contributed by atoms with Gasteiger partial charge in [-0.05, 0) is 12.1 Å². The summed E-state index contributed by atoms with van der Waals surface area (Å²) in [7, 11) is 0. The molecule has 0 spiro atoms. The molecule has 2 N–H and O–H groups in total. The number of nitrogens with zero attached hydrogens (tertiary/aromatic N) is 5. The van der Waals surface area contributed by atoms with Crippen molar-refractivity contribution >= 4 is 11.6 Å². The minimum Gasteiger partial charge on any atom is -0.619 e. The largest absolute Gasteiger partial charge is 0.619 e. The number of nitrogens with two attached hydrogens (primary N) is 1. The Kier molecular flexibility index (Phi) is 2.55. The Bertz CT molecular complexity index is 944. The van der Waals surface area contributed by atoms with Gasteiger partial charge < -0.3 is 15.4 Å². The Balaban J connectivity index is 1.87. The summed E-state index contributed by atoms with van der Waals surface area (Å²) in [6.45, 7) is 0. The van der Waals surface area contributed by atoms with E-state index < -0.39 is 0 Å². The summed E-state index contributed by atoms with van der Waals surface area (Å²) in [6.07, 6.45) is 4.33. The van der Waals surface area contributed by atoms with Crippen LogP contribution in [0.25, 0.3) is 28.5 Å². The first kappa shape index (κ1) is 12.3. The van der Waals surface area contributed by atoms with Gasteiger partial charge in [-0.1, -0.05) is 0 Å². The van der Waals surface area contributed by atoms with E-state index in [9.17, 15) is 5.21 Å². The monoisotopic (exact) mass is 294 g/mol. The number of rotatable bonds is 2. The zero-order valence-corrected chi connectivity index (χ0v) is 11.2. The summed E-state index contributed by atoms with van der Waals surface area (Å²) in [5, 5.41) is 15.4. The van der Waals surface area contributed by atoms with E-state index in [0.717, 1.165) is 0 Å². The van der Waals surface area contributed by atoms with Gasteiger partial charge in [0.15, 0.2) is 29.6 Å². The molecule has 0 unspecified atom stereocenters. The van der Waals surface area contributed by atoms with Gasteiger partial charge in [-0.3, -0.25) is 0 Å². The van der Waals surface area contributed by atoms with E-state index in [4.69, 9.17) is 10.2 Å². The summed E-state index contributed by atoms with van der Waals surface area (Å²) >= 11 is 0. The second kappa shape index (κ2) is 4.55. The molecule has 4 aromatic rings. The zero-order chi connectivity index (χ0) is 15.1. The van der Waals surface area contributed by atoms with Crippen molar-refractivity contribution in [1.82, 2.24) is 19.6 Å². The highest BCUT2D eigenvalue weighted by molar-refractivity contribution is 5.64. The second-order valence-corrected chi connectivity index (χ2v) is 4.63. The SMILES string of the molecule is Nc1nc(-c2cc[n+]([O-])cc2)nc2cc(-c3ccco3)nn12. The van der Waals surface area contributed by atoms with Crippen LogP contribution in [0.15, 0.2) is 53.4 Å². The molecule has 8 heteroatoms. The maximum atomic E-state index is 11.1. The average molecular weight is 294 g/mol. The Morgan fingerprint density at radius 3 is 2.73 bits per heavy atom. The highest BCUT2D eigenvalue weighted by Gasteiger charge is 2.13. The molecule has 4 heterocycles. The highest BCUT2D eigenvalue weighted by atomic mass is 16.5. The maximum Gasteiger partial charge on any atom is 0.225 e. The van der Waals surface area contributed by atoms with Crippen molar-refractivity contribution < 1.29 is 9.15 Å². The van der Waals surface area contributed by atoms with Crippen molar-refractivity contribution in [3.8, 4) is 22.8 Å². The predicted octanol–water partition coefficient (Wildman–Crippen LogP) is 1.27. The van der Waals surface area contributed by atoms with Crippen molar-refractivity contribution in [2.45, 2.75) is 0 Å². The highest BCUT2D eigenvalue weighted by Crippen LogP contribution is 2.22. The van der Waals surface area contributed by atoms with E-state index in [-0.39, 0.29) is 5.95 Å². The van der Waals surface area contributed by atoms with Gasteiger partial charge in [0.05, 0.1) is 6.26 Å². The summed E-state index contributed by atoms with van der Waals surface area (Å²) in [5.74, 6) is 1.26. The molecule has 0 aliphatic rings. The lowest BCUT2D eigenvalue weighted by Crippen LogP contribution is -2.23. The molecular formula is C14H10N6O2. The Morgan fingerprint density at radius 2 is 2.00 bits per heavy atom. The third-order valence-corrected chi connectivity index (χ3v) is 3.18. The van der Waals surface area contributed by atoms with Gasteiger partial charge in [-0.15, -0.1) is 0 Å². The van der Waals surface area contributed by atoms with Crippen molar-refractivity contribution in [3.05, 3.63) is 54.2 Å². The lowest BCUT2D eigenvalue weighted by molar-refractivity contribution is -0.605. The summed E-state index contributed by atoms with van der Waals surface area (Å²) in [5.41, 5.74) is 7.81. The number of anilines is 1. The summed E-state index contributed by atoms with van der Waals surface area (Å²) < 4.78 is 7.45. The standard InChI is InChI=1S/C14H10N6O2/c15-14-17-13(9-3-5-19(21)6-4-9)16-12-8-10(18-20(12)14)11-2-1-7-22-11/h1-8H,(H2,15,16,17). The molecule has 0 aromatic carbocycles. The van der Waals surface area contributed by atoms with E-state index >= 15 is 0 Å². The van der Waals surface area contributed by atoms with Crippen molar-refractivity contribution in [2.24, 2.45) is 0 Å². The first-order chi connectivity index (χ1) is 10.7. The molecule has 8 nitrogen and oxygen atoms in total. The second-order valence-electron chi connectivity index (χ2n) is 4.63. The molecule has 4 aromatic heterocycles. The van der Waals surface area contributed by atoms with Crippen LogP contribution in [0.3, 0.4) is 0 Å². The molecular weight excluding hydrogens is 284 g/mol. The van der Waals surface area contributed by atoms with Crippen LogP contribution in [0.1, 0.15) is 0 Å². The fraction of sp³-hybridized carbons (Fsp3) is 0. The molecule has 0 fully saturated rings. The van der Waals surface area contributed by atoms with Crippen LogP contribution in [-0.4, -0.2) is 19.6 Å². The van der Waals surface area contributed by atoms with Crippen molar-refractivity contribution in [1.29, 1.82) is 0 Å². The van der Waals surface area contributed by atoms with E-state index in [2.05, 4.69) is 15.1 Å². The van der Waals surface area contributed by atoms with Gasteiger partial charge in [0.25, 0.3) is 0 Å². The van der Waals surface area contributed by atoms with Crippen LogP contribution < -0.4 is 10.5 Å². The van der Waals surface area contributed by atoms with Gasteiger partial charge in [0.1, 0.15) is 5.69 Å². The van der Waals surface area contributed by atoms with Crippen LogP contribution in [0.5, 0.6) is 0 Å². The molecule has 0 aliphatic heterocycles. The lowest BCUT2D eigenvalue weighted by atomic mass is 10.2. The average Bonchev–Trinajstić information content (AvgIpc) is 3.17. The first-order valence-electron chi connectivity index (χ1n) is 6.47. The van der Waals surface area contributed by atoms with Gasteiger partial charge in [-0.25, -0.2) is 4.98 Å². The molecule has 0 saturated carbocycles. The summed E-state index contributed by atoms with van der Waals surface area (Å²) in [4.78, 5) is 8.64. The number of hydrogen-bond donors (Lipinski definition) is 1. The van der Waals surface area contributed by atoms with Crippen LogP contribution >= 0.6 is 0 Å². The number of fused-ring (bicyclic) bond motifs is 1. The molecule has 0 saturated heterocycles. The van der Waals surface area contributed by atoms with Gasteiger partial charge in [0, 0.05) is 23.8 Å². The Morgan fingerprint density at radius 1 is 1.18 bits per heavy atom. The number of aromatic nitrogens is 5. The molecule has 0 aliphatic carbocycles. The predicted molar refractivity (Wildman–Crippen MR) is 77.3 cm³/mol. The van der Waals surface area contributed by atoms with Crippen molar-refractivity contribution in [2.75, 3.05) is 5.73 Å². The molecule has 22 heavy (non-hydrogen) atoms. The normalized spacial score (nSPS) is 11.1. The lowest BCUT2D eigenvalue weighted by Gasteiger charge is -2.03. The first-order valence-corrected chi connectivity index (χ1v) is 6.47. The minimum atomic E-state index is 0.205. The Labute approximate surface area is 124 Å². The third kappa shape index (κ3) is 1.94. The smallest absolute Gasteiger partial charge is 0.225 e. The van der Waals surface area contributed by atoms with E-state index in [1.165, 1.54) is 16.9 Å². The topological polar surface area (TPSA) is 109 Å². The number of furan rings is 1. The fourth-order valence-corrected chi connectivity index (χ4v) is 2.14. The molecule has 108 valence electrons. The number of hydrogen-bond acceptors (Lipinski definition) is 6. The number of nitrogen functional groups attached to an aromatic ring is 1. The quantitative estimate of drug-likeness (QED) is 0.440. The van der Waals surface area contributed by atoms with Crippen molar-refractivity contribution in [3.63, 3.8) is 0 Å². The van der Waals surface area contributed by atoms with Crippen LogP contribution in [0.4, 0.5) is 5.95 Å². The number of pyridine rings is 1. The van der Waals surface area contributed by atoms with Gasteiger partial charge >= 0.3 is 0 Å². The van der Waals surface area contributed by atoms with E-state index in [0.29, 0.717) is 33.2 Å².